The molecule has 3 fully saturated rings. The van der Waals surface area contributed by atoms with Crippen LogP contribution in [0.3, 0.4) is 0 Å². The third kappa shape index (κ3) is 5.42. The average Bonchev–Trinajstić information content (AvgIpc) is 3.35. The zero-order chi connectivity index (χ0) is 31.6. The van der Waals surface area contributed by atoms with Gasteiger partial charge in [0.05, 0.1) is 18.4 Å². The van der Waals surface area contributed by atoms with Crippen LogP contribution in [0.4, 0.5) is 19.0 Å². The third-order valence-corrected chi connectivity index (χ3v) is 11.3. The van der Waals surface area contributed by atoms with Gasteiger partial charge in [-0.1, -0.05) is 6.07 Å². The molecule has 4 heterocycles. The van der Waals surface area contributed by atoms with Gasteiger partial charge >= 0.3 is 6.18 Å². The summed E-state index contributed by atoms with van der Waals surface area (Å²) in [5.74, 6) is 0.468. The van der Waals surface area contributed by atoms with Crippen LogP contribution in [0.2, 0.25) is 0 Å². The molecule has 1 amide bonds. The number of rotatable bonds is 9. The van der Waals surface area contributed by atoms with Gasteiger partial charge in [-0.3, -0.25) is 9.69 Å². The van der Waals surface area contributed by atoms with E-state index in [-0.39, 0.29) is 34.3 Å². The summed E-state index contributed by atoms with van der Waals surface area (Å²) in [6.07, 6.45) is 0.850. The Morgan fingerprint density at radius 1 is 1.20 bits per heavy atom. The second-order valence-electron chi connectivity index (χ2n) is 12.9. The number of alkyl halides is 3. The molecule has 45 heavy (non-hydrogen) atoms. The van der Waals surface area contributed by atoms with E-state index in [1.54, 1.807) is 6.07 Å². The number of halogens is 3. The Morgan fingerprint density at radius 2 is 2.00 bits per heavy atom. The van der Waals surface area contributed by atoms with Gasteiger partial charge in [0.1, 0.15) is 28.7 Å². The molecule has 0 radical (unpaired) electrons. The van der Waals surface area contributed by atoms with E-state index >= 15 is 0 Å². The van der Waals surface area contributed by atoms with Gasteiger partial charge in [-0.15, -0.1) is 11.3 Å². The predicted octanol–water partition coefficient (Wildman–Crippen LogP) is 5.01. The standard InChI is InChI=1S/C32H35F3N8OS/c1-19-20(2-3-26-24(19)10-22(13-36)43(26)17-30-6-7-31(30,16-30)41-27(44)14-37)15-42-8-4-21(5-9-42)40-28-25-11-23(12-32(33,34)35)45-29(25)39-18-38-28/h2-3,10-11,18,21H,4-9,12,14-17,37H2,1H3,(H,41,44)(H,38,39,40). The first kappa shape index (κ1) is 30.0. The molecule has 7 rings (SSSR count). The molecule has 13 heteroatoms. The lowest BCUT2D eigenvalue weighted by Gasteiger charge is -2.36. The average molecular weight is 637 g/mol. The van der Waals surface area contributed by atoms with Crippen LogP contribution >= 0.6 is 11.3 Å². The molecule has 4 N–H and O–H groups in total. The number of nitrogens with zero attached hydrogens (tertiary/aromatic N) is 5. The van der Waals surface area contributed by atoms with Gasteiger partial charge in [-0.25, -0.2) is 9.97 Å². The number of hydrogen-bond acceptors (Lipinski definition) is 8. The van der Waals surface area contributed by atoms with Crippen molar-refractivity contribution in [2.24, 2.45) is 11.1 Å². The summed E-state index contributed by atoms with van der Waals surface area (Å²) in [7, 11) is 0. The molecule has 3 aliphatic rings. The molecule has 0 spiro atoms. The largest absolute Gasteiger partial charge is 0.393 e. The second kappa shape index (κ2) is 11.0. The molecule has 2 unspecified atom stereocenters. The number of aryl methyl sites for hydroxylation is 1. The number of carbonyl (C=O) groups is 1. The first-order chi connectivity index (χ1) is 21.5. The summed E-state index contributed by atoms with van der Waals surface area (Å²) < 4.78 is 40.9. The van der Waals surface area contributed by atoms with Crippen LogP contribution in [0.1, 0.15) is 53.8 Å². The first-order valence-electron chi connectivity index (χ1n) is 15.3. The van der Waals surface area contributed by atoms with Gasteiger partial charge in [0.2, 0.25) is 5.91 Å². The number of fused-ring (bicyclic) bond motifs is 3. The highest BCUT2D eigenvalue weighted by Gasteiger charge is 2.74. The smallest absolute Gasteiger partial charge is 0.367 e. The monoisotopic (exact) mass is 636 g/mol. The number of thiophene rings is 1. The zero-order valence-electron chi connectivity index (χ0n) is 25.0. The number of carbonyl (C=O) groups excluding carboxylic acids is 1. The van der Waals surface area contributed by atoms with E-state index < -0.39 is 12.6 Å². The molecule has 2 saturated carbocycles. The molecular formula is C32H35F3N8OS. The lowest BCUT2D eigenvalue weighted by molar-refractivity contribution is -0.126. The predicted molar refractivity (Wildman–Crippen MR) is 167 cm³/mol. The molecule has 1 aliphatic heterocycles. The fourth-order valence-corrected chi connectivity index (χ4v) is 8.59. The fraction of sp³-hybridized carbons (Fsp3) is 0.500. The van der Waals surface area contributed by atoms with E-state index in [9.17, 15) is 23.2 Å². The topological polar surface area (TPSA) is 125 Å². The molecule has 4 aromatic rings. The van der Waals surface area contributed by atoms with Gasteiger partial charge in [-0.05, 0) is 68.4 Å². The Balaban J connectivity index is 1.01. The van der Waals surface area contributed by atoms with Crippen molar-refractivity contribution in [2.75, 3.05) is 25.0 Å². The summed E-state index contributed by atoms with van der Waals surface area (Å²) in [5.41, 5.74) is 9.44. The number of anilines is 1. The van der Waals surface area contributed by atoms with Gasteiger partial charge in [0.15, 0.2) is 0 Å². The number of nitrogens with one attached hydrogen (secondary N) is 2. The van der Waals surface area contributed by atoms with Crippen molar-refractivity contribution in [3.63, 3.8) is 0 Å². The summed E-state index contributed by atoms with van der Waals surface area (Å²) in [6, 6.07) is 10.4. The van der Waals surface area contributed by atoms with Crippen LogP contribution in [-0.2, 0) is 24.3 Å². The molecule has 236 valence electrons. The molecule has 3 aromatic heterocycles. The van der Waals surface area contributed by atoms with Crippen molar-refractivity contribution in [1.82, 2.24) is 24.8 Å². The van der Waals surface area contributed by atoms with E-state index in [4.69, 9.17) is 5.73 Å². The Bertz CT molecular complexity index is 1840. The van der Waals surface area contributed by atoms with Crippen molar-refractivity contribution in [1.29, 1.82) is 5.26 Å². The van der Waals surface area contributed by atoms with E-state index in [1.165, 1.54) is 17.5 Å². The van der Waals surface area contributed by atoms with E-state index in [2.05, 4.69) is 55.2 Å². The number of nitrogens with two attached hydrogens (primary N) is 1. The Morgan fingerprint density at radius 3 is 2.69 bits per heavy atom. The summed E-state index contributed by atoms with van der Waals surface area (Å²) in [5, 5.41) is 18.3. The lowest BCUT2D eigenvalue weighted by atomic mass is 9.79. The van der Waals surface area contributed by atoms with Gasteiger partial charge < -0.3 is 20.9 Å². The SMILES string of the molecule is Cc1c(CN2CCC(Nc3ncnc4sc(CC(F)(F)F)cc34)CC2)ccc2c1cc(C#N)n2CC12CCC1(NC(=O)CN)C2. The quantitative estimate of drug-likeness (QED) is 0.236. The molecule has 9 nitrogen and oxygen atoms in total. The van der Waals surface area contributed by atoms with Crippen molar-refractivity contribution in [3.05, 3.63) is 52.3 Å². The lowest BCUT2D eigenvalue weighted by Crippen LogP contribution is -2.50. The molecule has 1 aromatic carbocycles. The Hall–Kier alpha value is -3.73. The van der Waals surface area contributed by atoms with Crippen LogP contribution in [0.5, 0.6) is 0 Å². The van der Waals surface area contributed by atoms with Gasteiger partial charge in [0.25, 0.3) is 0 Å². The number of likely N-dealkylation sites (tertiary alicyclic amines) is 1. The maximum absolute atomic E-state index is 12.9. The minimum Gasteiger partial charge on any atom is -0.367 e. The molecular weight excluding hydrogens is 601 g/mol. The number of hydrogen-bond donors (Lipinski definition) is 3. The molecule has 2 aliphatic carbocycles. The van der Waals surface area contributed by atoms with Gasteiger partial charge in [-0.2, -0.15) is 18.4 Å². The molecule has 1 saturated heterocycles. The zero-order valence-corrected chi connectivity index (χ0v) is 25.8. The number of amides is 1. The maximum atomic E-state index is 12.9. The summed E-state index contributed by atoms with van der Waals surface area (Å²) in [6.45, 7) is 5.35. The maximum Gasteiger partial charge on any atom is 0.393 e. The number of piperidine rings is 1. The molecule has 2 atom stereocenters. The molecule has 0 bridgehead atoms. The third-order valence-electron chi connectivity index (χ3n) is 10.2. The van der Waals surface area contributed by atoms with Crippen molar-refractivity contribution in [3.8, 4) is 6.07 Å². The number of benzene rings is 1. The first-order valence-corrected chi connectivity index (χ1v) is 16.2. The van der Waals surface area contributed by atoms with E-state index in [1.807, 2.05) is 6.07 Å². The van der Waals surface area contributed by atoms with E-state index in [0.29, 0.717) is 28.3 Å². The highest BCUT2D eigenvalue weighted by atomic mass is 32.1. The number of nitriles is 1. The van der Waals surface area contributed by atoms with Crippen LogP contribution in [0, 0.1) is 23.7 Å². The highest BCUT2D eigenvalue weighted by molar-refractivity contribution is 7.18. The van der Waals surface area contributed by atoms with Gasteiger partial charge in [0, 0.05) is 59.0 Å². The minimum atomic E-state index is -4.26. The van der Waals surface area contributed by atoms with Crippen LogP contribution in [0.15, 0.2) is 30.6 Å². The normalized spacial score (nSPS) is 23.5. The minimum absolute atomic E-state index is 0.00727. The van der Waals surface area contributed by atoms with Crippen LogP contribution < -0.4 is 16.4 Å². The van der Waals surface area contributed by atoms with Crippen molar-refractivity contribution in [2.45, 2.75) is 76.3 Å². The van der Waals surface area contributed by atoms with Crippen LogP contribution in [-0.4, -0.2) is 62.7 Å². The summed E-state index contributed by atoms with van der Waals surface area (Å²) >= 11 is 1.06. The Kier molecular flexibility index (Phi) is 7.30. The number of aromatic nitrogens is 3. The fourth-order valence-electron chi connectivity index (χ4n) is 7.57. The van der Waals surface area contributed by atoms with Crippen LogP contribution in [0.25, 0.3) is 21.1 Å². The van der Waals surface area contributed by atoms with Crippen molar-refractivity contribution >= 4 is 44.2 Å². The second-order valence-corrected chi connectivity index (χ2v) is 14.1. The summed E-state index contributed by atoms with van der Waals surface area (Å²) in [4.78, 5) is 23.8. The highest BCUT2D eigenvalue weighted by Crippen LogP contribution is 2.71. The van der Waals surface area contributed by atoms with E-state index in [0.717, 1.165) is 74.0 Å². The Labute approximate surface area is 262 Å². The van der Waals surface area contributed by atoms with Crippen molar-refractivity contribution < 1.29 is 18.0 Å².